The van der Waals surface area contributed by atoms with Gasteiger partial charge in [-0.2, -0.15) is 0 Å². The molecule has 0 aliphatic heterocycles. The number of aromatic nitrogens is 1. The number of aryl methyl sites for hydroxylation is 1. The number of hydrogen-bond donors (Lipinski definition) is 1. The van der Waals surface area contributed by atoms with Gasteiger partial charge in [0.2, 0.25) is 0 Å². The van der Waals surface area contributed by atoms with Crippen LogP contribution in [0.25, 0.3) is 21.5 Å². The van der Waals surface area contributed by atoms with Gasteiger partial charge in [-0.3, -0.25) is 4.79 Å². The fourth-order valence-electron chi connectivity index (χ4n) is 3.02. The minimum absolute atomic E-state index is 0.147. The molecule has 27 heavy (non-hydrogen) atoms. The third-order valence-electron chi connectivity index (χ3n) is 4.64. The van der Waals surface area contributed by atoms with Gasteiger partial charge in [-0.1, -0.05) is 41.9 Å². The molecule has 0 saturated heterocycles. The lowest BCUT2D eigenvalue weighted by atomic mass is 10.0. The van der Waals surface area contributed by atoms with E-state index in [1.165, 1.54) is 11.3 Å². The predicted octanol–water partition coefficient (Wildman–Crippen LogP) is 6.49. The number of anilines is 1. The van der Waals surface area contributed by atoms with E-state index < -0.39 is 0 Å². The molecule has 2 heterocycles. The average molecular weight is 393 g/mol. The van der Waals surface area contributed by atoms with E-state index in [4.69, 9.17) is 16.6 Å². The Labute approximate surface area is 166 Å². The van der Waals surface area contributed by atoms with Crippen LogP contribution in [0.1, 0.15) is 21.5 Å². The van der Waals surface area contributed by atoms with Crippen molar-refractivity contribution in [2.24, 2.45) is 0 Å². The number of carbonyl (C=O) groups is 1. The number of pyridine rings is 1. The van der Waals surface area contributed by atoms with Gasteiger partial charge < -0.3 is 5.32 Å². The lowest BCUT2D eigenvalue weighted by Crippen LogP contribution is -2.14. The van der Waals surface area contributed by atoms with Crippen LogP contribution >= 0.6 is 22.9 Å². The highest BCUT2D eigenvalue weighted by atomic mass is 35.5. The second kappa shape index (κ2) is 7.14. The fraction of sp³-hybridized carbons (Fsp3) is 0.0909. The Balaban J connectivity index is 1.82. The van der Waals surface area contributed by atoms with E-state index in [0.29, 0.717) is 9.90 Å². The molecule has 0 bridgehead atoms. The summed E-state index contributed by atoms with van der Waals surface area (Å²) in [5.74, 6) is -0.147. The van der Waals surface area contributed by atoms with Gasteiger partial charge in [0.25, 0.3) is 5.91 Å². The van der Waals surface area contributed by atoms with Crippen molar-refractivity contribution in [3.8, 4) is 10.6 Å². The van der Waals surface area contributed by atoms with Crippen LogP contribution in [0, 0.1) is 13.8 Å². The number of rotatable bonds is 3. The molecule has 1 N–H and O–H groups in total. The lowest BCUT2D eigenvalue weighted by molar-refractivity contribution is 0.102. The Kier molecular flexibility index (Phi) is 4.68. The van der Waals surface area contributed by atoms with Crippen LogP contribution in [0.4, 0.5) is 5.69 Å². The second-order valence-electron chi connectivity index (χ2n) is 6.38. The summed E-state index contributed by atoms with van der Waals surface area (Å²) in [5, 5.41) is 3.88. The molecule has 0 spiro atoms. The van der Waals surface area contributed by atoms with Crippen LogP contribution in [0.5, 0.6) is 0 Å². The van der Waals surface area contributed by atoms with Crippen molar-refractivity contribution in [3.63, 3.8) is 0 Å². The van der Waals surface area contributed by atoms with Crippen molar-refractivity contribution >= 4 is 45.4 Å². The van der Waals surface area contributed by atoms with Crippen molar-refractivity contribution in [2.45, 2.75) is 13.8 Å². The Bertz CT molecular complexity index is 1170. The average Bonchev–Trinajstić information content (AvgIpc) is 3.11. The number of para-hydroxylation sites is 1. The van der Waals surface area contributed by atoms with Gasteiger partial charge >= 0.3 is 0 Å². The van der Waals surface area contributed by atoms with Gasteiger partial charge in [-0.25, -0.2) is 4.98 Å². The largest absolute Gasteiger partial charge is 0.322 e. The molecule has 4 rings (SSSR count). The van der Waals surface area contributed by atoms with Crippen molar-refractivity contribution < 1.29 is 4.79 Å². The highest BCUT2D eigenvalue weighted by Gasteiger charge is 2.16. The summed E-state index contributed by atoms with van der Waals surface area (Å²) in [4.78, 5) is 18.8. The van der Waals surface area contributed by atoms with Gasteiger partial charge in [-0.05, 0) is 55.3 Å². The van der Waals surface area contributed by atoms with Gasteiger partial charge in [0.1, 0.15) is 0 Å². The number of carbonyl (C=O) groups excluding carboxylic acids is 1. The van der Waals surface area contributed by atoms with Crippen molar-refractivity contribution in [2.75, 3.05) is 5.32 Å². The number of thiophene rings is 1. The zero-order chi connectivity index (χ0) is 19.0. The molecule has 2 aromatic heterocycles. The molecular formula is C22H17ClN2OS. The maximum absolute atomic E-state index is 13.1. The van der Waals surface area contributed by atoms with E-state index in [9.17, 15) is 4.79 Å². The number of benzene rings is 2. The van der Waals surface area contributed by atoms with Crippen molar-refractivity contribution in [3.05, 3.63) is 81.7 Å². The van der Waals surface area contributed by atoms with Crippen LogP contribution in [0.3, 0.4) is 0 Å². The number of amides is 1. The molecule has 0 unspecified atom stereocenters. The number of halogens is 1. The van der Waals surface area contributed by atoms with Gasteiger partial charge in [-0.15, -0.1) is 11.3 Å². The summed E-state index contributed by atoms with van der Waals surface area (Å²) in [6.07, 6.45) is 0. The molecule has 0 aliphatic carbocycles. The first-order chi connectivity index (χ1) is 13.0. The van der Waals surface area contributed by atoms with Crippen LogP contribution in [-0.2, 0) is 0 Å². The third-order valence-corrected chi connectivity index (χ3v) is 5.89. The quantitative estimate of drug-likeness (QED) is 0.433. The van der Waals surface area contributed by atoms with E-state index in [-0.39, 0.29) is 5.91 Å². The smallest absolute Gasteiger partial charge is 0.256 e. The summed E-state index contributed by atoms with van der Waals surface area (Å²) in [6.45, 7) is 4.04. The molecular weight excluding hydrogens is 376 g/mol. The molecule has 2 aromatic carbocycles. The highest BCUT2D eigenvalue weighted by molar-refractivity contribution is 7.19. The highest BCUT2D eigenvalue weighted by Crippen LogP contribution is 2.32. The molecule has 1 amide bonds. The maximum atomic E-state index is 13.1. The van der Waals surface area contributed by atoms with Crippen LogP contribution in [0.15, 0.2) is 60.7 Å². The first-order valence-electron chi connectivity index (χ1n) is 8.56. The zero-order valence-electron chi connectivity index (χ0n) is 14.9. The Hall–Kier alpha value is -2.69. The Morgan fingerprint density at radius 3 is 2.63 bits per heavy atom. The van der Waals surface area contributed by atoms with E-state index in [1.54, 1.807) is 0 Å². The number of hydrogen-bond acceptors (Lipinski definition) is 3. The second-order valence-corrected chi connectivity index (χ2v) is 8.09. The summed E-state index contributed by atoms with van der Waals surface area (Å²) < 4.78 is 0.696. The molecule has 134 valence electrons. The topological polar surface area (TPSA) is 42.0 Å². The first kappa shape index (κ1) is 17.7. The molecule has 4 aromatic rings. The predicted molar refractivity (Wildman–Crippen MR) is 114 cm³/mol. The summed E-state index contributed by atoms with van der Waals surface area (Å²) in [5.41, 5.74) is 5.15. The molecule has 3 nitrogen and oxygen atoms in total. The van der Waals surface area contributed by atoms with Gasteiger partial charge in [0.15, 0.2) is 0 Å². The molecule has 0 saturated carbocycles. The monoisotopic (exact) mass is 392 g/mol. The van der Waals surface area contributed by atoms with Crippen LogP contribution in [0.2, 0.25) is 4.34 Å². The van der Waals surface area contributed by atoms with Gasteiger partial charge in [0.05, 0.1) is 26.0 Å². The molecule has 5 heteroatoms. The maximum Gasteiger partial charge on any atom is 0.256 e. The molecule has 0 fully saturated rings. The van der Waals surface area contributed by atoms with E-state index in [1.807, 2.05) is 74.5 Å². The first-order valence-corrected chi connectivity index (χ1v) is 9.75. The van der Waals surface area contributed by atoms with Crippen molar-refractivity contribution in [1.82, 2.24) is 4.98 Å². The van der Waals surface area contributed by atoms with E-state index in [0.717, 1.165) is 38.3 Å². The summed E-state index contributed by atoms with van der Waals surface area (Å²) >= 11 is 7.53. The number of nitrogens with one attached hydrogen (secondary N) is 1. The Morgan fingerprint density at radius 2 is 1.85 bits per heavy atom. The van der Waals surface area contributed by atoms with E-state index in [2.05, 4.69) is 5.32 Å². The fourth-order valence-corrected chi connectivity index (χ4v) is 4.02. The SMILES string of the molecule is Cc1cccc(NC(=O)c2cc(-c3ccc(Cl)s3)nc3ccccc23)c1C. The zero-order valence-corrected chi connectivity index (χ0v) is 16.5. The van der Waals surface area contributed by atoms with Crippen LogP contribution < -0.4 is 5.32 Å². The number of fused-ring (bicyclic) bond motifs is 1. The van der Waals surface area contributed by atoms with Crippen LogP contribution in [-0.4, -0.2) is 10.9 Å². The normalized spacial score (nSPS) is 10.9. The van der Waals surface area contributed by atoms with E-state index >= 15 is 0 Å². The number of nitrogens with zero attached hydrogens (tertiary/aromatic N) is 1. The molecule has 0 aliphatic rings. The lowest BCUT2D eigenvalue weighted by Gasteiger charge is -2.12. The van der Waals surface area contributed by atoms with Crippen molar-refractivity contribution in [1.29, 1.82) is 0 Å². The summed E-state index contributed by atoms with van der Waals surface area (Å²) in [7, 11) is 0. The minimum atomic E-state index is -0.147. The minimum Gasteiger partial charge on any atom is -0.322 e. The standard InChI is InChI=1S/C22H17ClN2OS/c1-13-6-5-9-17(14(13)2)25-22(26)16-12-19(20-10-11-21(23)27-20)24-18-8-4-3-7-15(16)18/h3-12H,1-2H3,(H,25,26). The molecule has 0 atom stereocenters. The molecule has 0 radical (unpaired) electrons. The Morgan fingerprint density at radius 1 is 1.04 bits per heavy atom. The summed E-state index contributed by atoms with van der Waals surface area (Å²) in [6, 6.07) is 19.2. The van der Waals surface area contributed by atoms with Gasteiger partial charge in [0, 0.05) is 11.1 Å². The third kappa shape index (κ3) is 3.46.